The predicted octanol–water partition coefficient (Wildman–Crippen LogP) is 4.19. The fraction of sp³-hybridized carbons (Fsp3) is 0.720. The van der Waals surface area contributed by atoms with Crippen LogP contribution in [0.3, 0.4) is 0 Å². The van der Waals surface area contributed by atoms with Gasteiger partial charge in [-0.25, -0.2) is 14.8 Å². The maximum Gasteiger partial charge on any atom is 0.407 e. The summed E-state index contributed by atoms with van der Waals surface area (Å²) < 4.78 is 5.25. The highest BCUT2D eigenvalue weighted by Gasteiger charge is 2.22. The van der Waals surface area contributed by atoms with E-state index in [9.17, 15) is 4.79 Å². The lowest BCUT2D eigenvalue weighted by Crippen LogP contribution is -2.40. The van der Waals surface area contributed by atoms with E-state index in [0.29, 0.717) is 12.5 Å². The summed E-state index contributed by atoms with van der Waals surface area (Å²) in [4.78, 5) is 25.2. The Hall–Kier alpha value is -1.59. The van der Waals surface area contributed by atoms with Crippen LogP contribution >= 0.6 is 22.7 Å². The number of aromatic nitrogens is 2. The van der Waals surface area contributed by atoms with Gasteiger partial charge in [0.15, 0.2) is 0 Å². The fourth-order valence-electron chi connectivity index (χ4n) is 4.36. The zero-order valence-corrected chi connectivity index (χ0v) is 23.1. The standard InChI is InChI=1S/C15H25N3O2S.C10H17N3S/c1-15(2,3)20-14(19)16-8-12-4-6-18(7-5-12)9-13-10-21-11-17-13;11-5-9-1-3-13(4-2-9)6-10-7-14-8-12-10/h10-12H,4-9H2,1-3H3,(H,16,19);7-9H,1-6,11H2. The Bertz CT molecular complexity index is 825. The zero-order valence-electron chi connectivity index (χ0n) is 21.4. The number of thiazole rings is 2. The number of nitrogens with two attached hydrogens (primary N) is 1. The Morgan fingerprint density at radius 1 is 0.971 bits per heavy atom. The second-order valence-electron chi connectivity index (χ2n) is 10.5. The number of alkyl carbamates (subject to hydrolysis) is 1. The summed E-state index contributed by atoms with van der Waals surface area (Å²) in [6, 6.07) is 0. The molecule has 1 amide bonds. The van der Waals surface area contributed by atoms with Crippen molar-refractivity contribution in [3.8, 4) is 0 Å². The maximum atomic E-state index is 11.6. The van der Waals surface area contributed by atoms with E-state index in [1.807, 2.05) is 31.8 Å². The number of carbonyl (C=O) groups excluding carboxylic acids is 1. The van der Waals surface area contributed by atoms with Gasteiger partial charge in [-0.05, 0) is 91.0 Å². The molecule has 2 aromatic heterocycles. The SMILES string of the molecule is CC(C)(C)OC(=O)NCC1CCN(Cc2cscn2)CC1.NCC1CCN(Cc2cscn2)CC1. The molecule has 4 rings (SSSR count). The first-order valence-electron chi connectivity index (χ1n) is 12.7. The van der Waals surface area contributed by atoms with Crippen LogP contribution in [-0.2, 0) is 17.8 Å². The van der Waals surface area contributed by atoms with Gasteiger partial charge in [-0.3, -0.25) is 9.80 Å². The van der Waals surface area contributed by atoms with Crippen molar-refractivity contribution in [3.05, 3.63) is 33.2 Å². The molecule has 0 aliphatic carbocycles. The quantitative estimate of drug-likeness (QED) is 0.563. The van der Waals surface area contributed by atoms with Crippen molar-refractivity contribution in [1.82, 2.24) is 25.1 Å². The average Bonchev–Trinajstić information content (AvgIpc) is 3.53. The highest BCUT2D eigenvalue weighted by atomic mass is 32.1. The number of nitrogens with one attached hydrogen (secondary N) is 1. The zero-order chi connectivity index (χ0) is 25.1. The molecule has 2 aliphatic rings. The number of likely N-dealkylation sites (tertiary alicyclic amines) is 2. The van der Waals surface area contributed by atoms with E-state index in [1.165, 1.54) is 31.6 Å². The van der Waals surface area contributed by atoms with Crippen LogP contribution in [0.15, 0.2) is 21.8 Å². The van der Waals surface area contributed by atoms with Gasteiger partial charge in [0.2, 0.25) is 0 Å². The van der Waals surface area contributed by atoms with Crippen LogP contribution in [0.4, 0.5) is 4.79 Å². The van der Waals surface area contributed by atoms with Crippen molar-refractivity contribution in [2.45, 2.75) is 65.1 Å². The predicted molar refractivity (Wildman–Crippen MR) is 144 cm³/mol. The van der Waals surface area contributed by atoms with Gasteiger partial charge in [-0.2, -0.15) is 0 Å². The number of piperidine rings is 2. The Morgan fingerprint density at radius 3 is 1.86 bits per heavy atom. The number of rotatable bonds is 7. The molecule has 8 nitrogen and oxygen atoms in total. The average molecular weight is 523 g/mol. The van der Waals surface area contributed by atoms with E-state index in [2.05, 4.69) is 35.8 Å². The van der Waals surface area contributed by atoms with Crippen LogP contribution in [0.5, 0.6) is 0 Å². The monoisotopic (exact) mass is 522 g/mol. The van der Waals surface area contributed by atoms with Gasteiger partial charge in [-0.15, -0.1) is 22.7 Å². The lowest BCUT2D eigenvalue weighted by molar-refractivity contribution is 0.0509. The Labute approximate surface area is 218 Å². The van der Waals surface area contributed by atoms with Gasteiger partial charge in [0.1, 0.15) is 5.60 Å². The molecule has 2 fully saturated rings. The lowest BCUT2D eigenvalue weighted by Gasteiger charge is -2.31. The molecule has 196 valence electrons. The van der Waals surface area contributed by atoms with E-state index in [0.717, 1.165) is 57.2 Å². The van der Waals surface area contributed by atoms with Crippen LogP contribution in [0, 0.1) is 11.8 Å². The van der Waals surface area contributed by atoms with E-state index < -0.39 is 5.60 Å². The van der Waals surface area contributed by atoms with Crippen molar-refractivity contribution >= 4 is 28.8 Å². The minimum atomic E-state index is -0.430. The van der Waals surface area contributed by atoms with E-state index in [4.69, 9.17) is 10.5 Å². The second-order valence-corrected chi connectivity index (χ2v) is 12.0. The number of hydrogen-bond acceptors (Lipinski definition) is 9. The van der Waals surface area contributed by atoms with E-state index in [1.54, 1.807) is 22.7 Å². The van der Waals surface area contributed by atoms with Crippen LogP contribution in [0.2, 0.25) is 0 Å². The number of amides is 1. The summed E-state index contributed by atoms with van der Waals surface area (Å²) in [6.07, 6.45) is 4.41. The lowest BCUT2D eigenvalue weighted by atomic mass is 9.97. The van der Waals surface area contributed by atoms with Crippen LogP contribution < -0.4 is 11.1 Å². The van der Waals surface area contributed by atoms with Crippen LogP contribution in [0.25, 0.3) is 0 Å². The molecule has 10 heteroatoms. The molecule has 35 heavy (non-hydrogen) atoms. The third-order valence-corrected chi connectivity index (χ3v) is 7.69. The van der Waals surface area contributed by atoms with Gasteiger partial charge in [0.25, 0.3) is 0 Å². The molecule has 2 aromatic rings. The third kappa shape index (κ3) is 10.9. The molecule has 4 heterocycles. The second kappa shape index (κ2) is 14.2. The smallest absolute Gasteiger partial charge is 0.407 e. The van der Waals surface area contributed by atoms with Crippen molar-refractivity contribution in [1.29, 1.82) is 0 Å². The van der Waals surface area contributed by atoms with Crippen molar-refractivity contribution < 1.29 is 9.53 Å². The highest BCUT2D eigenvalue weighted by molar-refractivity contribution is 7.07. The van der Waals surface area contributed by atoms with Crippen molar-refractivity contribution in [2.24, 2.45) is 17.6 Å². The van der Waals surface area contributed by atoms with Gasteiger partial charge < -0.3 is 15.8 Å². The van der Waals surface area contributed by atoms with Gasteiger partial charge >= 0.3 is 6.09 Å². The summed E-state index contributed by atoms with van der Waals surface area (Å²) in [7, 11) is 0. The van der Waals surface area contributed by atoms with Crippen LogP contribution in [0.1, 0.15) is 57.8 Å². The third-order valence-electron chi connectivity index (χ3n) is 6.42. The molecule has 0 saturated carbocycles. The Kier molecular flexibility index (Phi) is 11.4. The molecule has 2 aliphatic heterocycles. The minimum absolute atomic E-state index is 0.313. The highest BCUT2D eigenvalue weighted by Crippen LogP contribution is 2.19. The summed E-state index contributed by atoms with van der Waals surface area (Å²) in [5, 5.41) is 7.12. The summed E-state index contributed by atoms with van der Waals surface area (Å²) in [6.45, 7) is 13.6. The molecular weight excluding hydrogens is 480 g/mol. The molecule has 0 unspecified atom stereocenters. The molecule has 0 spiro atoms. The summed E-state index contributed by atoms with van der Waals surface area (Å²) in [5.74, 6) is 1.30. The van der Waals surface area contributed by atoms with Gasteiger partial charge in [0, 0.05) is 30.4 Å². The number of carbonyl (C=O) groups is 1. The Morgan fingerprint density at radius 2 is 1.46 bits per heavy atom. The number of nitrogens with zero attached hydrogens (tertiary/aromatic N) is 4. The number of ether oxygens (including phenoxy) is 1. The summed E-state index contributed by atoms with van der Waals surface area (Å²) in [5.41, 5.74) is 11.4. The first-order valence-corrected chi connectivity index (χ1v) is 14.5. The van der Waals surface area contributed by atoms with E-state index >= 15 is 0 Å². The first kappa shape index (κ1) is 28.0. The Balaban J connectivity index is 0.000000211. The largest absolute Gasteiger partial charge is 0.444 e. The minimum Gasteiger partial charge on any atom is -0.444 e. The molecule has 0 aromatic carbocycles. The normalized spacial score (nSPS) is 18.6. The molecule has 0 radical (unpaired) electrons. The van der Waals surface area contributed by atoms with Gasteiger partial charge in [0.05, 0.1) is 22.4 Å². The molecule has 3 N–H and O–H groups in total. The van der Waals surface area contributed by atoms with Crippen LogP contribution in [-0.4, -0.2) is 70.7 Å². The van der Waals surface area contributed by atoms with Crippen molar-refractivity contribution in [3.63, 3.8) is 0 Å². The molecule has 0 bridgehead atoms. The first-order chi connectivity index (χ1) is 16.8. The fourth-order valence-corrected chi connectivity index (χ4v) is 5.46. The topological polar surface area (TPSA) is 96.6 Å². The van der Waals surface area contributed by atoms with Crippen molar-refractivity contribution in [2.75, 3.05) is 39.3 Å². The molecular formula is C25H42N6O2S2. The summed E-state index contributed by atoms with van der Waals surface area (Å²) >= 11 is 3.32. The number of hydrogen-bond donors (Lipinski definition) is 2. The molecule has 2 saturated heterocycles. The molecule has 0 atom stereocenters. The van der Waals surface area contributed by atoms with E-state index in [-0.39, 0.29) is 6.09 Å². The van der Waals surface area contributed by atoms with Gasteiger partial charge in [-0.1, -0.05) is 0 Å². The maximum absolute atomic E-state index is 11.6.